The highest BCUT2D eigenvalue weighted by Gasteiger charge is 2.09. The summed E-state index contributed by atoms with van der Waals surface area (Å²) in [4.78, 5) is 0. The fourth-order valence-corrected chi connectivity index (χ4v) is 1.82. The molecule has 0 aliphatic rings. The molecule has 0 fully saturated rings. The van der Waals surface area contributed by atoms with Crippen molar-refractivity contribution in [3.63, 3.8) is 0 Å². The Kier molecular flexibility index (Phi) is 3.41. The molecule has 0 bridgehead atoms. The number of thioether (sulfide) groups is 1. The van der Waals surface area contributed by atoms with Gasteiger partial charge >= 0.3 is 0 Å². The van der Waals surface area contributed by atoms with Crippen molar-refractivity contribution in [3.05, 3.63) is 42.5 Å². The van der Waals surface area contributed by atoms with Crippen LogP contribution in [-0.2, 0) is 0 Å². The molecular formula is C12H12N2OS. The van der Waals surface area contributed by atoms with Gasteiger partial charge < -0.3 is 4.42 Å². The number of hydrogen-bond acceptors (Lipinski definition) is 4. The molecule has 0 saturated heterocycles. The van der Waals surface area contributed by atoms with Gasteiger partial charge in [-0.05, 0) is 18.6 Å². The molecule has 0 radical (unpaired) electrons. The van der Waals surface area contributed by atoms with Crippen LogP contribution in [0.15, 0.2) is 46.6 Å². The van der Waals surface area contributed by atoms with Crippen LogP contribution in [0.1, 0.15) is 5.56 Å². The van der Waals surface area contributed by atoms with Gasteiger partial charge in [-0.3, -0.25) is 0 Å². The Bertz CT molecular complexity index is 493. The molecule has 4 heteroatoms. The summed E-state index contributed by atoms with van der Waals surface area (Å²) in [6.07, 6.45) is 1.81. The van der Waals surface area contributed by atoms with Crippen molar-refractivity contribution in [3.8, 4) is 11.5 Å². The number of rotatable bonds is 4. The summed E-state index contributed by atoms with van der Waals surface area (Å²) in [6.45, 7) is 5.67. The first-order valence-corrected chi connectivity index (χ1v) is 5.93. The van der Waals surface area contributed by atoms with Gasteiger partial charge in [-0.1, -0.05) is 36.0 Å². The fourth-order valence-electron chi connectivity index (χ4n) is 1.32. The minimum absolute atomic E-state index is 0.574. The van der Waals surface area contributed by atoms with Crippen LogP contribution in [0.25, 0.3) is 11.5 Å². The van der Waals surface area contributed by atoms with E-state index in [4.69, 9.17) is 4.42 Å². The van der Waals surface area contributed by atoms with Crippen LogP contribution in [0.3, 0.4) is 0 Å². The molecule has 0 spiro atoms. The minimum Gasteiger partial charge on any atom is -0.411 e. The monoisotopic (exact) mass is 232 g/mol. The van der Waals surface area contributed by atoms with Crippen LogP contribution in [0, 0.1) is 6.92 Å². The molecule has 0 aliphatic heterocycles. The maximum Gasteiger partial charge on any atom is 0.277 e. The van der Waals surface area contributed by atoms with Gasteiger partial charge in [0, 0.05) is 11.3 Å². The average Bonchev–Trinajstić information content (AvgIpc) is 2.75. The van der Waals surface area contributed by atoms with E-state index < -0.39 is 0 Å². The molecule has 0 unspecified atom stereocenters. The first kappa shape index (κ1) is 11.0. The number of nitrogens with zero attached hydrogens (tertiary/aromatic N) is 2. The van der Waals surface area contributed by atoms with Gasteiger partial charge in [0.05, 0.1) is 0 Å². The van der Waals surface area contributed by atoms with Crippen LogP contribution in [-0.4, -0.2) is 16.0 Å². The predicted octanol–water partition coefficient (Wildman–Crippen LogP) is 3.32. The molecule has 1 heterocycles. The van der Waals surface area contributed by atoms with E-state index in [-0.39, 0.29) is 0 Å². The Morgan fingerprint density at radius 3 is 2.94 bits per heavy atom. The van der Waals surface area contributed by atoms with Crippen LogP contribution in [0.2, 0.25) is 0 Å². The van der Waals surface area contributed by atoms with E-state index in [1.165, 1.54) is 11.8 Å². The highest BCUT2D eigenvalue weighted by molar-refractivity contribution is 7.99. The zero-order valence-electron chi connectivity index (χ0n) is 9.01. The highest BCUT2D eigenvalue weighted by atomic mass is 32.2. The quantitative estimate of drug-likeness (QED) is 0.598. The molecule has 0 atom stereocenters. The molecule has 3 nitrogen and oxygen atoms in total. The van der Waals surface area contributed by atoms with Gasteiger partial charge in [0.15, 0.2) is 0 Å². The topological polar surface area (TPSA) is 38.9 Å². The molecule has 2 rings (SSSR count). The molecule has 1 aromatic heterocycles. The summed E-state index contributed by atoms with van der Waals surface area (Å²) in [5.41, 5.74) is 2.12. The second-order valence-corrected chi connectivity index (χ2v) is 4.26. The Morgan fingerprint density at radius 1 is 1.38 bits per heavy atom. The fraction of sp³-hybridized carbons (Fsp3) is 0.167. The summed E-state index contributed by atoms with van der Waals surface area (Å²) in [5.74, 6) is 1.35. The number of hydrogen-bond donors (Lipinski definition) is 0. The summed E-state index contributed by atoms with van der Waals surface area (Å²) >= 11 is 1.48. The molecule has 82 valence electrons. The summed E-state index contributed by atoms with van der Waals surface area (Å²) in [6, 6.07) is 7.95. The van der Waals surface area contributed by atoms with Crippen molar-refractivity contribution in [2.45, 2.75) is 12.1 Å². The molecule has 0 aliphatic carbocycles. The maximum absolute atomic E-state index is 5.55. The molecule has 2 aromatic rings. The summed E-state index contributed by atoms with van der Waals surface area (Å²) in [5, 5.41) is 8.58. The Labute approximate surface area is 98.6 Å². The number of aryl methyl sites for hydroxylation is 1. The number of benzene rings is 1. The van der Waals surface area contributed by atoms with Gasteiger partial charge in [-0.25, -0.2) is 0 Å². The zero-order chi connectivity index (χ0) is 11.4. The standard InChI is InChI=1S/C12H12N2OS/c1-3-8-16-12-14-13-11(15-12)10-7-5-4-6-9(10)2/h3-7H,1,8H2,2H3. The normalized spacial score (nSPS) is 10.3. The van der Waals surface area contributed by atoms with Gasteiger partial charge in [0.1, 0.15) is 0 Å². The van der Waals surface area contributed by atoms with Crippen LogP contribution in [0.4, 0.5) is 0 Å². The first-order chi connectivity index (χ1) is 7.81. The molecule has 16 heavy (non-hydrogen) atoms. The molecular weight excluding hydrogens is 220 g/mol. The third-order valence-corrected chi connectivity index (χ3v) is 2.92. The minimum atomic E-state index is 0.574. The average molecular weight is 232 g/mol. The zero-order valence-corrected chi connectivity index (χ0v) is 9.83. The lowest BCUT2D eigenvalue weighted by Gasteiger charge is -1.98. The van der Waals surface area contributed by atoms with E-state index in [1.54, 1.807) is 0 Å². The van der Waals surface area contributed by atoms with E-state index >= 15 is 0 Å². The molecule has 0 N–H and O–H groups in total. The van der Waals surface area contributed by atoms with Crippen LogP contribution >= 0.6 is 11.8 Å². The number of aromatic nitrogens is 2. The van der Waals surface area contributed by atoms with E-state index in [0.717, 1.165) is 16.9 Å². The molecule has 0 amide bonds. The van der Waals surface area contributed by atoms with E-state index in [0.29, 0.717) is 11.1 Å². The van der Waals surface area contributed by atoms with Crippen molar-refractivity contribution in [1.29, 1.82) is 0 Å². The Morgan fingerprint density at radius 2 is 2.19 bits per heavy atom. The summed E-state index contributed by atoms with van der Waals surface area (Å²) in [7, 11) is 0. The van der Waals surface area contributed by atoms with Crippen LogP contribution < -0.4 is 0 Å². The van der Waals surface area contributed by atoms with Crippen molar-refractivity contribution in [1.82, 2.24) is 10.2 Å². The highest BCUT2D eigenvalue weighted by Crippen LogP contribution is 2.25. The maximum atomic E-state index is 5.55. The van der Waals surface area contributed by atoms with Crippen molar-refractivity contribution in [2.75, 3.05) is 5.75 Å². The second-order valence-electron chi connectivity index (χ2n) is 3.29. The predicted molar refractivity (Wildman–Crippen MR) is 65.4 cm³/mol. The Balaban J connectivity index is 2.25. The lowest BCUT2D eigenvalue weighted by atomic mass is 10.1. The third kappa shape index (κ3) is 2.33. The van der Waals surface area contributed by atoms with E-state index in [2.05, 4.69) is 16.8 Å². The van der Waals surface area contributed by atoms with Crippen molar-refractivity contribution in [2.24, 2.45) is 0 Å². The first-order valence-electron chi connectivity index (χ1n) is 4.94. The smallest absolute Gasteiger partial charge is 0.277 e. The lowest BCUT2D eigenvalue weighted by Crippen LogP contribution is -1.81. The van der Waals surface area contributed by atoms with Gasteiger partial charge in [-0.2, -0.15) is 0 Å². The van der Waals surface area contributed by atoms with Gasteiger partial charge in [0.2, 0.25) is 5.89 Å². The SMILES string of the molecule is C=CCSc1nnc(-c2ccccc2C)o1. The Hall–Kier alpha value is -1.55. The second kappa shape index (κ2) is 4.99. The summed E-state index contributed by atoms with van der Waals surface area (Å²) < 4.78 is 5.55. The van der Waals surface area contributed by atoms with Crippen LogP contribution in [0.5, 0.6) is 0 Å². The molecule has 1 aromatic carbocycles. The largest absolute Gasteiger partial charge is 0.411 e. The van der Waals surface area contributed by atoms with Gasteiger partial charge in [0.25, 0.3) is 5.22 Å². The third-order valence-electron chi connectivity index (χ3n) is 2.11. The van der Waals surface area contributed by atoms with Crippen molar-refractivity contribution >= 4 is 11.8 Å². The lowest BCUT2D eigenvalue weighted by molar-refractivity contribution is 0.466. The molecule has 0 saturated carbocycles. The van der Waals surface area contributed by atoms with Crippen molar-refractivity contribution < 1.29 is 4.42 Å². The van der Waals surface area contributed by atoms with Gasteiger partial charge in [-0.15, -0.1) is 16.8 Å². The van der Waals surface area contributed by atoms with E-state index in [9.17, 15) is 0 Å². The van der Waals surface area contributed by atoms with E-state index in [1.807, 2.05) is 37.3 Å².